The predicted molar refractivity (Wildman–Crippen MR) is 88.1 cm³/mol. The van der Waals surface area contributed by atoms with Crippen molar-refractivity contribution in [1.29, 1.82) is 0 Å². The van der Waals surface area contributed by atoms with Gasteiger partial charge in [-0.25, -0.2) is 0 Å². The third-order valence-electron chi connectivity index (χ3n) is 3.52. The number of carbonyl (C=O) groups excluding carboxylic acids is 1. The van der Waals surface area contributed by atoms with Gasteiger partial charge in [0.15, 0.2) is 0 Å². The van der Waals surface area contributed by atoms with Gasteiger partial charge >= 0.3 is 0 Å². The van der Waals surface area contributed by atoms with Gasteiger partial charge in [-0.05, 0) is 25.7 Å². The van der Waals surface area contributed by atoms with Crippen LogP contribution in [0, 0.1) is 10.8 Å². The minimum atomic E-state index is -0.231. The molecule has 19 heavy (non-hydrogen) atoms. The zero-order valence-electron chi connectivity index (χ0n) is 14.5. The molecule has 0 aromatic rings. The van der Waals surface area contributed by atoms with E-state index in [1.165, 1.54) is 0 Å². The van der Waals surface area contributed by atoms with E-state index in [1.807, 2.05) is 27.7 Å². The number of rotatable bonds is 4. The van der Waals surface area contributed by atoms with Crippen LogP contribution in [0.3, 0.4) is 0 Å². The second-order valence-corrected chi connectivity index (χ2v) is 9.27. The van der Waals surface area contributed by atoms with E-state index >= 15 is 0 Å². The zero-order chi connectivity index (χ0) is 16.1. The van der Waals surface area contributed by atoms with Crippen molar-refractivity contribution in [2.75, 3.05) is 7.11 Å². The summed E-state index contributed by atoms with van der Waals surface area (Å²) in [6.07, 6.45) is 1.80. The molecule has 0 heterocycles. The molecule has 0 bridgehead atoms. The molecule has 0 amide bonds. The van der Waals surface area contributed by atoms with Crippen molar-refractivity contribution in [2.45, 2.75) is 79.1 Å². The molecule has 0 atom stereocenters. The maximum absolute atomic E-state index is 10.5. The number of ether oxygens (including phenoxy) is 1. The number of carbonyl (C=O) groups is 1. The Morgan fingerprint density at radius 3 is 1.37 bits per heavy atom. The molecule has 0 radical (unpaired) electrons. The van der Waals surface area contributed by atoms with E-state index in [4.69, 9.17) is 4.74 Å². The normalized spacial score (nSPS) is 13.6. The monoisotopic (exact) mass is 290 g/mol. The van der Waals surface area contributed by atoms with E-state index in [2.05, 4.69) is 47.2 Å². The lowest BCUT2D eigenvalue weighted by molar-refractivity contribution is -0.115. The minimum absolute atomic E-state index is 0.0208. The second kappa shape index (κ2) is 7.12. The van der Waals surface area contributed by atoms with Gasteiger partial charge in [0.1, 0.15) is 6.29 Å². The first kappa shape index (κ1) is 21.3. The summed E-state index contributed by atoms with van der Waals surface area (Å²) in [5.74, 6) is 0. The number of aldehydes is 1. The van der Waals surface area contributed by atoms with Crippen LogP contribution in [-0.4, -0.2) is 23.7 Å². The van der Waals surface area contributed by atoms with Gasteiger partial charge in [0.05, 0.1) is 5.60 Å². The van der Waals surface area contributed by atoms with Crippen LogP contribution in [0.4, 0.5) is 0 Å². The summed E-state index contributed by atoms with van der Waals surface area (Å²) in [5, 5.41) is 0. The Bertz CT molecular complexity index is 267. The molecule has 0 fully saturated rings. The molecule has 0 rings (SSSR count). The fraction of sp³-hybridized carbons (Fsp3) is 0.938. The smallest absolute Gasteiger partial charge is 0.125 e. The third kappa shape index (κ3) is 10.4. The Hall–Kier alpha value is -0.0200. The van der Waals surface area contributed by atoms with Crippen LogP contribution >= 0.6 is 12.6 Å². The molecule has 116 valence electrons. The van der Waals surface area contributed by atoms with E-state index in [1.54, 1.807) is 7.11 Å². The van der Waals surface area contributed by atoms with Gasteiger partial charge in [-0.2, -0.15) is 12.6 Å². The summed E-state index contributed by atoms with van der Waals surface area (Å²) in [6.45, 7) is 18.6. The van der Waals surface area contributed by atoms with Crippen LogP contribution < -0.4 is 0 Å². The van der Waals surface area contributed by atoms with E-state index < -0.39 is 0 Å². The van der Waals surface area contributed by atoms with Crippen LogP contribution in [0.25, 0.3) is 0 Å². The van der Waals surface area contributed by atoms with Crippen molar-refractivity contribution in [1.82, 2.24) is 0 Å². The topological polar surface area (TPSA) is 26.3 Å². The summed E-state index contributed by atoms with van der Waals surface area (Å²) in [6, 6.07) is 0. The molecule has 0 aliphatic rings. The van der Waals surface area contributed by atoms with E-state index in [-0.39, 0.29) is 21.2 Å². The fourth-order valence-corrected chi connectivity index (χ4v) is 1.87. The van der Waals surface area contributed by atoms with E-state index in [0.29, 0.717) is 0 Å². The quantitative estimate of drug-likeness (QED) is 0.596. The minimum Gasteiger partial charge on any atom is -0.378 e. The van der Waals surface area contributed by atoms with Crippen molar-refractivity contribution in [3.8, 4) is 0 Å². The van der Waals surface area contributed by atoms with Crippen molar-refractivity contribution in [3.63, 3.8) is 0 Å². The number of thiol groups is 1. The molecule has 0 N–H and O–H groups in total. The highest BCUT2D eigenvalue weighted by molar-refractivity contribution is 7.81. The molecule has 0 saturated heterocycles. The molecule has 0 aliphatic heterocycles. The van der Waals surface area contributed by atoms with Gasteiger partial charge < -0.3 is 9.53 Å². The third-order valence-corrected chi connectivity index (χ3v) is 3.68. The largest absolute Gasteiger partial charge is 0.378 e. The van der Waals surface area contributed by atoms with Crippen LogP contribution in [0.15, 0.2) is 0 Å². The van der Waals surface area contributed by atoms with E-state index in [0.717, 1.165) is 12.7 Å². The maximum atomic E-state index is 10.5. The molecule has 0 aliphatic carbocycles. The molecule has 2 nitrogen and oxygen atoms in total. The Labute approximate surface area is 126 Å². The first-order valence-corrected chi connectivity index (χ1v) is 7.26. The summed E-state index contributed by atoms with van der Waals surface area (Å²) in [5.41, 5.74) is -0.0278. The first-order valence-electron chi connectivity index (χ1n) is 6.82. The molecule has 0 aromatic heterocycles. The average Bonchev–Trinajstić information content (AvgIpc) is 2.13. The first-order chi connectivity index (χ1) is 8.08. The number of hydrogen-bond acceptors (Lipinski definition) is 3. The maximum Gasteiger partial charge on any atom is 0.125 e. The summed E-state index contributed by atoms with van der Waals surface area (Å²) in [7, 11) is 1.76. The van der Waals surface area contributed by atoms with Crippen molar-refractivity contribution in [2.24, 2.45) is 10.8 Å². The molecular formula is C16H34O2S. The molecule has 0 aromatic carbocycles. The Kier molecular flexibility index (Phi) is 7.98. The summed E-state index contributed by atoms with van der Waals surface area (Å²) in [4.78, 5) is 10.5. The number of hydrogen-bond donors (Lipinski definition) is 1. The predicted octanol–water partition coefficient (Wildman–Crippen LogP) is 4.77. The highest BCUT2D eigenvalue weighted by Gasteiger charge is 2.32. The lowest BCUT2D eigenvalue weighted by atomic mass is 9.79. The Morgan fingerprint density at radius 2 is 1.32 bits per heavy atom. The van der Waals surface area contributed by atoms with Crippen LogP contribution in [0.5, 0.6) is 0 Å². The average molecular weight is 291 g/mol. The van der Waals surface area contributed by atoms with Crippen LogP contribution in [0.2, 0.25) is 0 Å². The van der Waals surface area contributed by atoms with Gasteiger partial charge in [-0.15, -0.1) is 0 Å². The van der Waals surface area contributed by atoms with Crippen molar-refractivity contribution in [3.05, 3.63) is 0 Å². The van der Waals surface area contributed by atoms with Gasteiger partial charge in [0.25, 0.3) is 0 Å². The summed E-state index contributed by atoms with van der Waals surface area (Å²) < 4.78 is 5.25. The highest BCUT2D eigenvalue weighted by Crippen LogP contribution is 2.32. The van der Waals surface area contributed by atoms with Crippen LogP contribution in [-0.2, 0) is 9.53 Å². The van der Waals surface area contributed by atoms with Crippen molar-refractivity contribution >= 4 is 18.9 Å². The van der Waals surface area contributed by atoms with Crippen LogP contribution in [0.1, 0.15) is 68.7 Å². The summed E-state index contributed by atoms with van der Waals surface area (Å²) >= 11 is 4.34. The van der Waals surface area contributed by atoms with Gasteiger partial charge in [0, 0.05) is 17.3 Å². The highest BCUT2D eigenvalue weighted by atomic mass is 32.1. The SMILES string of the molecule is CC(C)(S)CC(C)(C)C=O.COC(C)(C)C(C)(C)C. The second-order valence-electron chi connectivity index (χ2n) is 8.06. The number of methoxy groups -OCH3 is 1. The lowest BCUT2D eigenvalue weighted by Gasteiger charge is -2.37. The molecule has 0 saturated carbocycles. The van der Waals surface area contributed by atoms with E-state index in [9.17, 15) is 4.79 Å². The Balaban J connectivity index is 0. The van der Waals surface area contributed by atoms with Gasteiger partial charge in [-0.3, -0.25) is 0 Å². The Morgan fingerprint density at radius 1 is 0.947 bits per heavy atom. The van der Waals surface area contributed by atoms with Gasteiger partial charge in [-0.1, -0.05) is 48.5 Å². The molecule has 0 unspecified atom stereocenters. The fourth-order valence-electron chi connectivity index (χ4n) is 1.46. The van der Waals surface area contributed by atoms with Gasteiger partial charge in [0.2, 0.25) is 0 Å². The molecule has 3 heteroatoms. The standard InChI is InChI=1S/C8H16OS.C8H18O/c1-7(2,6-9)5-8(3,4)10;1-7(2,3)8(4,5)9-6/h6,10H,5H2,1-4H3;1-6H3. The lowest BCUT2D eigenvalue weighted by Crippen LogP contribution is -2.38. The molecule has 0 spiro atoms. The van der Waals surface area contributed by atoms with Crippen molar-refractivity contribution < 1.29 is 9.53 Å². The molecular weight excluding hydrogens is 256 g/mol. The zero-order valence-corrected chi connectivity index (χ0v) is 15.4.